The minimum absolute atomic E-state index is 0.0161. The summed E-state index contributed by atoms with van der Waals surface area (Å²) in [4.78, 5) is 14.6. The Kier molecular flexibility index (Phi) is 6.15. The first-order valence-corrected chi connectivity index (χ1v) is 12.2. The number of fused-ring (bicyclic) bond motifs is 1. The van der Waals surface area contributed by atoms with Crippen molar-refractivity contribution in [2.75, 3.05) is 51.2 Å². The summed E-state index contributed by atoms with van der Waals surface area (Å²) >= 11 is 1.85. The zero-order valence-electron chi connectivity index (χ0n) is 18.9. The summed E-state index contributed by atoms with van der Waals surface area (Å²) in [7, 11) is 3.49. The number of benzene rings is 1. The Bertz CT molecular complexity index is 981. The molecule has 0 unspecified atom stereocenters. The highest BCUT2D eigenvalue weighted by Gasteiger charge is 2.46. The third kappa shape index (κ3) is 3.69. The van der Waals surface area contributed by atoms with E-state index < -0.39 is 0 Å². The van der Waals surface area contributed by atoms with Gasteiger partial charge in [0.25, 0.3) is 0 Å². The van der Waals surface area contributed by atoms with Crippen LogP contribution in [0.2, 0.25) is 0 Å². The number of methoxy groups -OCH3 is 2. The van der Waals surface area contributed by atoms with Gasteiger partial charge in [0.15, 0.2) is 5.17 Å². The first-order chi connectivity index (χ1) is 15.7. The van der Waals surface area contributed by atoms with Gasteiger partial charge in [-0.1, -0.05) is 24.8 Å². The second-order valence-corrected chi connectivity index (χ2v) is 9.19. The number of hydrogen-bond donors (Lipinski definition) is 0. The minimum Gasteiger partial charge on any atom is -0.496 e. The summed E-state index contributed by atoms with van der Waals surface area (Å²) in [6, 6.07) is 10.7. The molecule has 0 radical (unpaired) electrons. The van der Waals surface area contributed by atoms with E-state index in [0.717, 1.165) is 72.1 Å². The van der Waals surface area contributed by atoms with Gasteiger partial charge in [-0.15, -0.1) is 0 Å². The molecule has 0 spiro atoms. The third-order valence-corrected chi connectivity index (χ3v) is 7.66. The fraction of sp³-hybridized carbons (Fsp3) is 0.500. The lowest BCUT2D eigenvalue weighted by Crippen LogP contribution is -2.37. The number of rotatable bonds is 6. The molecule has 170 valence electrons. The average Bonchev–Trinajstić information content (AvgIpc) is 3.43. The van der Waals surface area contributed by atoms with Crippen LogP contribution in [0.1, 0.15) is 36.7 Å². The molecule has 4 heterocycles. The van der Waals surface area contributed by atoms with Crippen molar-refractivity contribution in [1.82, 2.24) is 9.88 Å². The van der Waals surface area contributed by atoms with Crippen LogP contribution in [0, 0.1) is 0 Å². The van der Waals surface area contributed by atoms with Crippen molar-refractivity contribution in [3.63, 3.8) is 0 Å². The molecule has 0 saturated carbocycles. The van der Waals surface area contributed by atoms with Crippen LogP contribution < -0.4 is 14.4 Å². The summed E-state index contributed by atoms with van der Waals surface area (Å²) in [6.45, 7) is 5.37. The van der Waals surface area contributed by atoms with Crippen molar-refractivity contribution in [3.05, 3.63) is 47.8 Å². The molecule has 1 aromatic heterocycles. The van der Waals surface area contributed by atoms with E-state index in [1.807, 2.05) is 30.1 Å². The van der Waals surface area contributed by atoms with Crippen molar-refractivity contribution in [2.45, 2.75) is 31.5 Å². The first-order valence-electron chi connectivity index (χ1n) is 11.2. The van der Waals surface area contributed by atoms with E-state index >= 15 is 0 Å². The zero-order valence-corrected chi connectivity index (χ0v) is 19.7. The Morgan fingerprint density at radius 2 is 1.94 bits per heavy atom. The molecule has 5 rings (SSSR count). The minimum atomic E-state index is -0.0825. The standard InChI is InChI=1S/C24H30N4O3S/c1-4-16-15-32-24-26-22(18-7-5-6-8-25-18)23(28(16)24)17-13-21(30-3)19(14-20(17)29-2)27-9-11-31-12-10-27/h5-8,13-14,16,22-23H,4,9-12,15H2,1-3H3/t16-,22-,23+/m1/s1. The van der Waals surface area contributed by atoms with Gasteiger partial charge in [-0.2, -0.15) is 0 Å². The number of morpholine rings is 1. The van der Waals surface area contributed by atoms with Crippen LogP contribution in [0.3, 0.4) is 0 Å². The predicted molar refractivity (Wildman–Crippen MR) is 128 cm³/mol. The van der Waals surface area contributed by atoms with Gasteiger partial charge in [0.1, 0.15) is 17.5 Å². The number of aromatic nitrogens is 1. The maximum atomic E-state index is 5.97. The van der Waals surface area contributed by atoms with Gasteiger partial charge < -0.3 is 24.0 Å². The maximum Gasteiger partial charge on any atom is 0.160 e. The molecule has 3 aliphatic rings. The normalized spacial score (nSPS) is 25.0. The third-order valence-electron chi connectivity index (χ3n) is 6.53. The molecule has 0 amide bonds. The molecule has 3 aliphatic heterocycles. The lowest BCUT2D eigenvalue weighted by Gasteiger charge is -2.34. The Morgan fingerprint density at radius 1 is 1.12 bits per heavy atom. The largest absolute Gasteiger partial charge is 0.496 e. The number of thioether (sulfide) groups is 1. The molecule has 1 aromatic carbocycles. The van der Waals surface area contributed by atoms with E-state index in [-0.39, 0.29) is 12.1 Å². The fourth-order valence-electron chi connectivity index (χ4n) is 4.87. The molecule has 8 heteroatoms. The Hall–Kier alpha value is -2.45. The van der Waals surface area contributed by atoms with Gasteiger partial charge in [-0.25, -0.2) is 0 Å². The summed E-state index contributed by atoms with van der Waals surface area (Å²) in [6.07, 6.45) is 2.92. The highest BCUT2D eigenvalue weighted by Crippen LogP contribution is 2.52. The summed E-state index contributed by atoms with van der Waals surface area (Å²) in [5.74, 6) is 2.78. The van der Waals surface area contributed by atoms with Crippen LogP contribution in [0.25, 0.3) is 0 Å². The van der Waals surface area contributed by atoms with E-state index in [2.05, 4.69) is 39.9 Å². The van der Waals surface area contributed by atoms with Crippen molar-refractivity contribution in [3.8, 4) is 11.5 Å². The number of ether oxygens (including phenoxy) is 3. The maximum absolute atomic E-state index is 5.97. The van der Waals surface area contributed by atoms with E-state index in [4.69, 9.17) is 19.2 Å². The smallest absolute Gasteiger partial charge is 0.160 e. The van der Waals surface area contributed by atoms with Crippen LogP contribution in [0.4, 0.5) is 5.69 Å². The fourth-order valence-corrected chi connectivity index (χ4v) is 6.21. The van der Waals surface area contributed by atoms with Crippen LogP contribution in [0.15, 0.2) is 41.5 Å². The van der Waals surface area contributed by atoms with Crippen molar-refractivity contribution in [2.24, 2.45) is 4.99 Å². The number of anilines is 1. The van der Waals surface area contributed by atoms with Crippen LogP contribution >= 0.6 is 11.8 Å². The highest BCUT2D eigenvalue weighted by atomic mass is 32.2. The van der Waals surface area contributed by atoms with Gasteiger partial charge in [-0.3, -0.25) is 9.98 Å². The topological polar surface area (TPSA) is 59.4 Å². The number of amidine groups is 1. The molecule has 0 bridgehead atoms. The Labute approximate surface area is 193 Å². The summed E-state index contributed by atoms with van der Waals surface area (Å²) in [5.41, 5.74) is 3.12. The monoisotopic (exact) mass is 454 g/mol. The second kappa shape index (κ2) is 9.19. The van der Waals surface area contributed by atoms with Gasteiger partial charge >= 0.3 is 0 Å². The lowest BCUT2D eigenvalue weighted by atomic mass is 9.93. The molecule has 2 fully saturated rings. The Morgan fingerprint density at radius 3 is 2.62 bits per heavy atom. The summed E-state index contributed by atoms with van der Waals surface area (Å²) < 4.78 is 17.4. The second-order valence-electron chi connectivity index (χ2n) is 8.20. The summed E-state index contributed by atoms with van der Waals surface area (Å²) in [5, 5.41) is 1.11. The number of aliphatic imine (C=N–C) groups is 1. The van der Waals surface area contributed by atoms with Crippen LogP contribution in [-0.2, 0) is 4.74 Å². The molecule has 2 saturated heterocycles. The highest BCUT2D eigenvalue weighted by molar-refractivity contribution is 8.14. The van der Waals surface area contributed by atoms with E-state index in [1.165, 1.54) is 0 Å². The molecule has 2 aromatic rings. The molecule has 0 N–H and O–H groups in total. The van der Waals surface area contributed by atoms with Crippen molar-refractivity contribution in [1.29, 1.82) is 0 Å². The first kappa shape index (κ1) is 21.4. The molecule has 0 aliphatic carbocycles. The number of nitrogens with zero attached hydrogens (tertiary/aromatic N) is 4. The van der Waals surface area contributed by atoms with Crippen LogP contribution in [0.5, 0.6) is 11.5 Å². The van der Waals surface area contributed by atoms with Crippen molar-refractivity contribution < 1.29 is 14.2 Å². The molecule has 32 heavy (non-hydrogen) atoms. The number of pyridine rings is 1. The molecule has 3 atom stereocenters. The zero-order chi connectivity index (χ0) is 22.1. The SMILES string of the molecule is CC[C@@H]1CSC2=N[C@H](c3ccccn3)[C@H](c3cc(OC)c(N4CCOCC4)cc3OC)N21. The van der Waals surface area contributed by atoms with Crippen LogP contribution in [-0.4, -0.2) is 67.4 Å². The molecular formula is C24H30N4O3S. The van der Waals surface area contributed by atoms with Gasteiger partial charge in [0.2, 0.25) is 0 Å². The quantitative estimate of drug-likeness (QED) is 0.656. The lowest BCUT2D eigenvalue weighted by molar-refractivity contribution is 0.122. The average molecular weight is 455 g/mol. The van der Waals surface area contributed by atoms with Gasteiger partial charge in [0.05, 0.1) is 44.9 Å². The van der Waals surface area contributed by atoms with E-state index in [1.54, 1.807) is 14.2 Å². The van der Waals surface area contributed by atoms with E-state index in [9.17, 15) is 0 Å². The van der Waals surface area contributed by atoms with Gasteiger partial charge in [0, 0.05) is 42.7 Å². The molecule has 7 nitrogen and oxygen atoms in total. The molecular weight excluding hydrogens is 424 g/mol. The van der Waals surface area contributed by atoms with Crippen molar-refractivity contribution >= 4 is 22.6 Å². The van der Waals surface area contributed by atoms with E-state index in [0.29, 0.717) is 6.04 Å². The number of hydrogen-bond acceptors (Lipinski definition) is 8. The van der Waals surface area contributed by atoms with Gasteiger partial charge in [-0.05, 0) is 24.6 Å². The Balaban J connectivity index is 1.61. The predicted octanol–water partition coefficient (Wildman–Crippen LogP) is 3.91.